The predicted molar refractivity (Wildman–Crippen MR) is 94.2 cm³/mol. The van der Waals surface area contributed by atoms with Crippen molar-refractivity contribution in [2.75, 3.05) is 5.32 Å². The van der Waals surface area contributed by atoms with Crippen molar-refractivity contribution in [3.63, 3.8) is 0 Å². The van der Waals surface area contributed by atoms with Crippen LogP contribution in [-0.2, 0) is 22.6 Å². The second kappa shape index (κ2) is 6.59. The lowest BCUT2D eigenvalue weighted by atomic mass is 10.1. The van der Waals surface area contributed by atoms with Crippen LogP contribution in [0.5, 0.6) is 5.75 Å². The molecule has 1 saturated carbocycles. The molecule has 4 rings (SSSR count). The third-order valence-electron chi connectivity index (χ3n) is 4.55. The molecule has 1 fully saturated rings. The molecule has 2 aromatic rings. The Hall–Kier alpha value is -2.82. The first kappa shape index (κ1) is 15.7. The maximum Gasteiger partial charge on any atom is 0.261 e. The van der Waals surface area contributed by atoms with Gasteiger partial charge in [0.2, 0.25) is 5.91 Å². The summed E-state index contributed by atoms with van der Waals surface area (Å²) in [5, 5.41) is 5.84. The van der Waals surface area contributed by atoms with Gasteiger partial charge in [0.05, 0.1) is 0 Å². The number of hydrogen-bond donors (Lipinski definition) is 2. The Morgan fingerprint density at radius 2 is 1.88 bits per heavy atom. The molecule has 2 aromatic carbocycles. The van der Waals surface area contributed by atoms with Gasteiger partial charge in [0.1, 0.15) is 5.75 Å². The Morgan fingerprint density at radius 1 is 1.04 bits per heavy atom. The van der Waals surface area contributed by atoms with Gasteiger partial charge in [-0.1, -0.05) is 30.3 Å². The first-order valence-electron chi connectivity index (χ1n) is 8.61. The van der Waals surface area contributed by atoms with E-state index in [4.69, 9.17) is 4.74 Å². The quantitative estimate of drug-likeness (QED) is 0.882. The monoisotopic (exact) mass is 336 g/mol. The highest BCUT2D eigenvalue weighted by molar-refractivity contribution is 5.94. The van der Waals surface area contributed by atoms with Crippen molar-refractivity contribution in [1.82, 2.24) is 5.32 Å². The van der Waals surface area contributed by atoms with Gasteiger partial charge in [-0.15, -0.1) is 0 Å². The van der Waals surface area contributed by atoms with E-state index in [2.05, 4.69) is 10.6 Å². The molecule has 0 aromatic heterocycles. The summed E-state index contributed by atoms with van der Waals surface area (Å²) in [4.78, 5) is 24.2. The summed E-state index contributed by atoms with van der Waals surface area (Å²) in [5.41, 5.74) is 2.78. The van der Waals surface area contributed by atoms with Crippen LogP contribution >= 0.6 is 0 Å². The molecule has 1 atom stereocenters. The van der Waals surface area contributed by atoms with E-state index in [1.54, 1.807) is 0 Å². The van der Waals surface area contributed by atoms with Gasteiger partial charge in [0, 0.05) is 24.6 Å². The molecular weight excluding hydrogens is 316 g/mol. The minimum atomic E-state index is -0.477. The van der Waals surface area contributed by atoms with Crippen LogP contribution in [0.15, 0.2) is 48.5 Å². The predicted octanol–water partition coefficient (Wildman–Crippen LogP) is 2.66. The first-order valence-corrected chi connectivity index (χ1v) is 8.61. The molecule has 0 saturated heterocycles. The Morgan fingerprint density at radius 3 is 2.68 bits per heavy atom. The molecule has 1 heterocycles. The molecule has 2 N–H and O–H groups in total. The van der Waals surface area contributed by atoms with Crippen molar-refractivity contribution in [3.05, 3.63) is 59.7 Å². The van der Waals surface area contributed by atoms with Crippen LogP contribution in [0.25, 0.3) is 0 Å². The Bertz CT molecular complexity index is 789. The molecule has 5 nitrogen and oxygen atoms in total. The highest BCUT2D eigenvalue weighted by Crippen LogP contribution is 2.30. The normalized spacial score (nSPS) is 18.2. The summed E-state index contributed by atoms with van der Waals surface area (Å²) in [6.07, 6.45) is 2.08. The molecule has 0 spiro atoms. The van der Waals surface area contributed by atoms with E-state index in [1.165, 1.54) is 0 Å². The number of fused-ring (bicyclic) bond motifs is 1. The molecule has 128 valence electrons. The number of amides is 2. The van der Waals surface area contributed by atoms with E-state index in [0.29, 0.717) is 13.0 Å². The highest BCUT2D eigenvalue weighted by Gasteiger charge is 2.30. The average molecular weight is 336 g/mol. The second-order valence-corrected chi connectivity index (χ2v) is 6.60. The number of rotatable bonds is 5. The van der Waals surface area contributed by atoms with Crippen molar-refractivity contribution in [2.24, 2.45) is 5.92 Å². The van der Waals surface area contributed by atoms with E-state index in [9.17, 15) is 9.59 Å². The van der Waals surface area contributed by atoms with Crippen LogP contribution in [0.1, 0.15) is 24.0 Å². The summed E-state index contributed by atoms with van der Waals surface area (Å²) in [6.45, 7) is 0.405. The zero-order valence-electron chi connectivity index (χ0n) is 13.8. The Labute approximate surface area is 146 Å². The third-order valence-corrected chi connectivity index (χ3v) is 4.55. The van der Waals surface area contributed by atoms with Gasteiger partial charge in [-0.05, 0) is 42.2 Å². The van der Waals surface area contributed by atoms with Gasteiger partial charge in [0.15, 0.2) is 6.10 Å². The standard InChI is InChI=1S/C20H20N2O3/c23-19(14-8-9-14)22-16-6-3-4-13(10-16)12-21-20(24)18-11-15-5-1-2-7-17(15)25-18/h1-7,10,14,18H,8-9,11-12H2,(H,21,24)(H,22,23)/t18-/m0/s1. The summed E-state index contributed by atoms with van der Waals surface area (Å²) < 4.78 is 5.70. The summed E-state index contributed by atoms with van der Waals surface area (Å²) in [7, 11) is 0. The molecule has 0 radical (unpaired) electrons. The van der Waals surface area contributed by atoms with Crippen LogP contribution < -0.4 is 15.4 Å². The van der Waals surface area contributed by atoms with Crippen LogP contribution in [0.2, 0.25) is 0 Å². The fourth-order valence-corrected chi connectivity index (χ4v) is 2.98. The van der Waals surface area contributed by atoms with Crippen LogP contribution in [0.3, 0.4) is 0 Å². The second-order valence-electron chi connectivity index (χ2n) is 6.60. The van der Waals surface area contributed by atoms with Crippen LogP contribution in [-0.4, -0.2) is 17.9 Å². The molecule has 1 aliphatic carbocycles. The maximum absolute atomic E-state index is 12.3. The molecule has 2 aliphatic rings. The first-order chi connectivity index (χ1) is 12.2. The van der Waals surface area contributed by atoms with Crippen molar-refractivity contribution in [3.8, 4) is 5.75 Å². The zero-order valence-corrected chi connectivity index (χ0v) is 13.8. The lowest BCUT2D eigenvalue weighted by Gasteiger charge is -2.12. The van der Waals surface area contributed by atoms with E-state index in [0.717, 1.165) is 35.4 Å². The number of hydrogen-bond acceptors (Lipinski definition) is 3. The van der Waals surface area contributed by atoms with Gasteiger partial charge < -0.3 is 15.4 Å². The van der Waals surface area contributed by atoms with Gasteiger partial charge in [-0.25, -0.2) is 0 Å². The summed E-state index contributed by atoms with van der Waals surface area (Å²) in [6, 6.07) is 15.3. The topological polar surface area (TPSA) is 67.4 Å². The van der Waals surface area contributed by atoms with Crippen molar-refractivity contribution in [1.29, 1.82) is 0 Å². The van der Waals surface area contributed by atoms with E-state index in [1.807, 2.05) is 48.5 Å². The number of anilines is 1. The fourth-order valence-electron chi connectivity index (χ4n) is 2.98. The number of nitrogens with one attached hydrogen (secondary N) is 2. The molecule has 25 heavy (non-hydrogen) atoms. The van der Waals surface area contributed by atoms with Gasteiger partial charge in [0.25, 0.3) is 5.91 Å². The van der Waals surface area contributed by atoms with E-state index >= 15 is 0 Å². The zero-order chi connectivity index (χ0) is 17.2. The fraction of sp³-hybridized carbons (Fsp3) is 0.300. The number of carbonyl (C=O) groups is 2. The van der Waals surface area contributed by atoms with E-state index in [-0.39, 0.29) is 17.7 Å². The number of carbonyl (C=O) groups excluding carboxylic acids is 2. The molecule has 2 amide bonds. The lowest BCUT2D eigenvalue weighted by molar-refractivity contribution is -0.127. The number of para-hydroxylation sites is 1. The van der Waals surface area contributed by atoms with Gasteiger partial charge in [-0.3, -0.25) is 9.59 Å². The maximum atomic E-state index is 12.3. The highest BCUT2D eigenvalue weighted by atomic mass is 16.5. The van der Waals surface area contributed by atoms with Crippen LogP contribution in [0, 0.1) is 5.92 Å². The third kappa shape index (κ3) is 3.65. The lowest BCUT2D eigenvalue weighted by Crippen LogP contribution is -2.37. The minimum absolute atomic E-state index is 0.0818. The molecule has 5 heteroatoms. The largest absolute Gasteiger partial charge is 0.480 e. The summed E-state index contributed by atoms with van der Waals surface area (Å²) >= 11 is 0. The Balaban J connectivity index is 1.32. The van der Waals surface area contributed by atoms with Gasteiger partial charge >= 0.3 is 0 Å². The number of benzene rings is 2. The van der Waals surface area contributed by atoms with Gasteiger partial charge in [-0.2, -0.15) is 0 Å². The molecule has 1 aliphatic heterocycles. The van der Waals surface area contributed by atoms with Crippen molar-refractivity contribution < 1.29 is 14.3 Å². The smallest absolute Gasteiger partial charge is 0.261 e. The van der Waals surface area contributed by atoms with Crippen LogP contribution in [0.4, 0.5) is 5.69 Å². The molecule has 0 bridgehead atoms. The minimum Gasteiger partial charge on any atom is -0.480 e. The van der Waals surface area contributed by atoms with Crippen molar-refractivity contribution >= 4 is 17.5 Å². The Kier molecular flexibility index (Phi) is 4.14. The van der Waals surface area contributed by atoms with Crippen molar-refractivity contribution in [2.45, 2.75) is 31.9 Å². The van der Waals surface area contributed by atoms with E-state index < -0.39 is 6.10 Å². The number of ether oxygens (including phenoxy) is 1. The molecule has 0 unspecified atom stereocenters. The average Bonchev–Trinajstić information content (AvgIpc) is 3.39. The summed E-state index contributed by atoms with van der Waals surface area (Å²) in [5.74, 6) is 0.916. The SMILES string of the molecule is O=C(Nc1cccc(CNC(=O)[C@@H]2Cc3ccccc3O2)c1)C1CC1. The molecular formula is C20H20N2O3.